The average molecular weight is 207 g/mol. The van der Waals surface area contributed by atoms with Gasteiger partial charge in [-0.15, -0.1) is 0 Å². The summed E-state index contributed by atoms with van der Waals surface area (Å²) in [7, 11) is 0. The smallest absolute Gasteiger partial charge is 0.115 e. The van der Waals surface area contributed by atoms with E-state index < -0.39 is 0 Å². The first-order valence-corrected chi connectivity index (χ1v) is 5.78. The number of hydrogen-bond acceptors (Lipinski definition) is 2. The van der Waals surface area contributed by atoms with Crippen molar-refractivity contribution in [3.8, 4) is 5.75 Å². The third-order valence-electron chi connectivity index (χ3n) is 2.52. The first-order valence-electron chi connectivity index (χ1n) is 5.78. The van der Waals surface area contributed by atoms with Gasteiger partial charge in [0.25, 0.3) is 0 Å². The quantitative estimate of drug-likeness (QED) is 0.549. The number of anilines is 1. The molecule has 1 rings (SSSR count). The summed E-state index contributed by atoms with van der Waals surface area (Å²) in [5.74, 6) is 0.319. The molecule has 1 aromatic rings. The van der Waals surface area contributed by atoms with Gasteiger partial charge < -0.3 is 10.4 Å². The minimum atomic E-state index is 0.319. The van der Waals surface area contributed by atoms with Gasteiger partial charge in [-0.05, 0) is 37.6 Å². The van der Waals surface area contributed by atoms with Gasteiger partial charge in [0.05, 0.1) is 0 Å². The molecule has 0 saturated carbocycles. The molecule has 1 atom stereocenters. The zero-order chi connectivity index (χ0) is 11.1. The molecule has 0 fully saturated rings. The van der Waals surface area contributed by atoms with E-state index in [9.17, 15) is 0 Å². The molecule has 0 radical (unpaired) electrons. The lowest BCUT2D eigenvalue weighted by Gasteiger charge is -2.14. The van der Waals surface area contributed by atoms with E-state index in [0.29, 0.717) is 11.8 Å². The molecule has 1 unspecified atom stereocenters. The number of phenolic OH excluding ortho intramolecular Hbond substituents is 1. The topological polar surface area (TPSA) is 32.3 Å². The Morgan fingerprint density at radius 1 is 1.20 bits per heavy atom. The zero-order valence-corrected chi connectivity index (χ0v) is 9.66. The van der Waals surface area contributed by atoms with Crippen molar-refractivity contribution in [1.82, 2.24) is 0 Å². The summed E-state index contributed by atoms with van der Waals surface area (Å²) in [6.07, 6.45) is 5.06. The van der Waals surface area contributed by atoms with Gasteiger partial charge >= 0.3 is 0 Å². The van der Waals surface area contributed by atoms with Gasteiger partial charge in [-0.2, -0.15) is 0 Å². The van der Waals surface area contributed by atoms with Gasteiger partial charge in [-0.3, -0.25) is 0 Å². The van der Waals surface area contributed by atoms with Crippen LogP contribution < -0.4 is 5.32 Å². The molecule has 0 aromatic heterocycles. The SMILES string of the molecule is CCCCCC(C)Nc1ccc(O)cc1. The molecule has 0 aliphatic rings. The monoisotopic (exact) mass is 207 g/mol. The number of rotatable bonds is 6. The van der Waals surface area contributed by atoms with Crippen molar-refractivity contribution in [3.05, 3.63) is 24.3 Å². The molecule has 2 nitrogen and oxygen atoms in total. The van der Waals surface area contributed by atoms with Gasteiger partial charge in [0.2, 0.25) is 0 Å². The van der Waals surface area contributed by atoms with Crippen molar-refractivity contribution >= 4 is 5.69 Å². The Kier molecular flexibility index (Phi) is 5.02. The van der Waals surface area contributed by atoms with Crippen LogP contribution in [0.1, 0.15) is 39.5 Å². The Labute approximate surface area is 92.3 Å². The summed E-state index contributed by atoms with van der Waals surface area (Å²) in [6, 6.07) is 7.74. The molecular weight excluding hydrogens is 186 g/mol. The molecule has 84 valence electrons. The van der Waals surface area contributed by atoms with Crippen LogP contribution in [0.25, 0.3) is 0 Å². The number of phenols is 1. The van der Waals surface area contributed by atoms with E-state index in [-0.39, 0.29) is 0 Å². The minimum absolute atomic E-state index is 0.319. The van der Waals surface area contributed by atoms with Crippen LogP contribution in [0.5, 0.6) is 5.75 Å². The highest BCUT2D eigenvalue weighted by Crippen LogP contribution is 2.16. The lowest BCUT2D eigenvalue weighted by Crippen LogP contribution is -2.14. The Bertz CT molecular complexity index is 268. The largest absolute Gasteiger partial charge is 0.508 e. The van der Waals surface area contributed by atoms with Crippen LogP contribution in [0.4, 0.5) is 5.69 Å². The van der Waals surface area contributed by atoms with E-state index in [0.717, 1.165) is 5.69 Å². The lowest BCUT2D eigenvalue weighted by atomic mass is 10.1. The third-order valence-corrected chi connectivity index (χ3v) is 2.52. The standard InChI is InChI=1S/C13H21NO/c1-3-4-5-6-11(2)14-12-7-9-13(15)10-8-12/h7-11,14-15H,3-6H2,1-2H3. The molecule has 0 heterocycles. The maximum atomic E-state index is 9.14. The summed E-state index contributed by atoms with van der Waals surface area (Å²) >= 11 is 0. The van der Waals surface area contributed by atoms with Crippen LogP contribution in [0.3, 0.4) is 0 Å². The van der Waals surface area contributed by atoms with Crippen LogP contribution in [0, 0.1) is 0 Å². The summed E-state index contributed by atoms with van der Waals surface area (Å²) in [4.78, 5) is 0. The molecule has 0 bridgehead atoms. The molecular formula is C13H21NO. The fraction of sp³-hybridized carbons (Fsp3) is 0.538. The number of unbranched alkanes of at least 4 members (excludes halogenated alkanes) is 2. The molecule has 0 saturated heterocycles. The molecule has 2 heteroatoms. The lowest BCUT2D eigenvalue weighted by molar-refractivity contribution is 0.475. The van der Waals surface area contributed by atoms with Gasteiger partial charge in [-0.1, -0.05) is 26.2 Å². The maximum Gasteiger partial charge on any atom is 0.115 e. The second kappa shape index (κ2) is 6.33. The van der Waals surface area contributed by atoms with Crippen LogP contribution in [0.15, 0.2) is 24.3 Å². The van der Waals surface area contributed by atoms with Crippen LogP contribution in [-0.2, 0) is 0 Å². The second-order valence-corrected chi connectivity index (χ2v) is 4.09. The predicted molar refractivity (Wildman–Crippen MR) is 65.3 cm³/mol. The highest BCUT2D eigenvalue weighted by Gasteiger charge is 2.01. The number of aromatic hydroxyl groups is 1. The van der Waals surface area contributed by atoms with Crippen LogP contribution in [0.2, 0.25) is 0 Å². The highest BCUT2D eigenvalue weighted by atomic mass is 16.3. The van der Waals surface area contributed by atoms with E-state index >= 15 is 0 Å². The van der Waals surface area contributed by atoms with Crippen LogP contribution >= 0.6 is 0 Å². The normalized spacial score (nSPS) is 12.4. The van der Waals surface area contributed by atoms with E-state index in [1.807, 2.05) is 12.1 Å². The summed E-state index contributed by atoms with van der Waals surface area (Å²) in [6.45, 7) is 4.42. The van der Waals surface area contributed by atoms with Crippen molar-refractivity contribution in [2.75, 3.05) is 5.32 Å². The Hall–Kier alpha value is -1.18. The molecule has 0 aliphatic heterocycles. The van der Waals surface area contributed by atoms with Crippen molar-refractivity contribution < 1.29 is 5.11 Å². The average Bonchev–Trinajstić information content (AvgIpc) is 2.22. The molecule has 0 amide bonds. The first kappa shape index (κ1) is 11.9. The Morgan fingerprint density at radius 3 is 2.47 bits per heavy atom. The van der Waals surface area contributed by atoms with Crippen molar-refractivity contribution in [3.63, 3.8) is 0 Å². The van der Waals surface area contributed by atoms with Crippen molar-refractivity contribution in [2.24, 2.45) is 0 Å². The van der Waals surface area contributed by atoms with E-state index in [2.05, 4.69) is 19.2 Å². The summed E-state index contributed by atoms with van der Waals surface area (Å²) < 4.78 is 0. The van der Waals surface area contributed by atoms with Gasteiger partial charge in [0, 0.05) is 11.7 Å². The van der Waals surface area contributed by atoms with E-state index in [1.165, 1.54) is 25.7 Å². The van der Waals surface area contributed by atoms with E-state index in [4.69, 9.17) is 5.11 Å². The number of nitrogens with one attached hydrogen (secondary N) is 1. The molecule has 15 heavy (non-hydrogen) atoms. The minimum Gasteiger partial charge on any atom is -0.508 e. The van der Waals surface area contributed by atoms with Gasteiger partial charge in [0.1, 0.15) is 5.75 Å². The first-order chi connectivity index (χ1) is 7.22. The second-order valence-electron chi connectivity index (χ2n) is 4.09. The van der Waals surface area contributed by atoms with Gasteiger partial charge in [0.15, 0.2) is 0 Å². The Morgan fingerprint density at radius 2 is 1.87 bits per heavy atom. The third kappa shape index (κ3) is 4.73. The number of hydrogen-bond donors (Lipinski definition) is 2. The van der Waals surface area contributed by atoms with Gasteiger partial charge in [-0.25, -0.2) is 0 Å². The fourth-order valence-electron chi connectivity index (χ4n) is 1.61. The Balaban J connectivity index is 2.31. The highest BCUT2D eigenvalue weighted by molar-refractivity contribution is 5.46. The molecule has 2 N–H and O–H groups in total. The summed E-state index contributed by atoms with van der Waals surface area (Å²) in [5.41, 5.74) is 1.08. The molecule has 1 aromatic carbocycles. The maximum absolute atomic E-state index is 9.14. The molecule has 0 spiro atoms. The van der Waals surface area contributed by atoms with Crippen molar-refractivity contribution in [1.29, 1.82) is 0 Å². The van der Waals surface area contributed by atoms with E-state index in [1.54, 1.807) is 12.1 Å². The van der Waals surface area contributed by atoms with Crippen LogP contribution in [-0.4, -0.2) is 11.1 Å². The molecule has 0 aliphatic carbocycles. The predicted octanol–water partition coefficient (Wildman–Crippen LogP) is 3.77. The number of benzene rings is 1. The summed E-state index contributed by atoms with van der Waals surface area (Å²) in [5, 5.41) is 12.6. The zero-order valence-electron chi connectivity index (χ0n) is 9.66. The van der Waals surface area contributed by atoms with Crippen molar-refractivity contribution in [2.45, 2.75) is 45.6 Å². The fourth-order valence-corrected chi connectivity index (χ4v) is 1.61.